The fraction of sp³-hybridized carbons (Fsp3) is 0.364. The van der Waals surface area contributed by atoms with Crippen LogP contribution in [0.5, 0.6) is 0 Å². The molecule has 3 amide bonds. The lowest BCUT2D eigenvalue weighted by atomic mass is 10.1. The van der Waals surface area contributed by atoms with Gasteiger partial charge >= 0.3 is 6.03 Å². The van der Waals surface area contributed by atoms with Crippen LogP contribution in [0.2, 0.25) is 10.0 Å². The van der Waals surface area contributed by atoms with Crippen molar-refractivity contribution < 1.29 is 18.0 Å². The lowest BCUT2D eigenvalue weighted by Gasteiger charge is -2.24. The highest BCUT2D eigenvalue weighted by Crippen LogP contribution is 2.34. The van der Waals surface area contributed by atoms with Crippen molar-refractivity contribution in [2.24, 2.45) is 0 Å². The number of anilines is 1. The predicted molar refractivity (Wildman–Crippen MR) is 125 cm³/mol. The smallest absolute Gasteiger partial charge is 0.325 e. The molecule has 10 heteroatoms. The van der Waals surface area contributed by atoms with Gasteiger partial charge in [-0.25, -0.2) is 13.2 Å². The van der Waals surface area contributed by atoms with Gasteiger partial charge in [-0.3, -0.25) is 9.69 Å². The first-order chi connectivity index (χ1) is 15.3. The van der Waals surface area contributed by atoms with E-state index in [1.807, 2.05) is 0 Å². The number of benzene rings is 2. The van der Waals surface area contributed by atoms with Gasteiger partial charge in [0.05, 0.1) is 11.0 Å². The van der Waals surface area contributed by atoms with Gasteiger partial charge in [0, 0.05) is 41.9 Å². The Morgan fingerprint density at radius 2 is 1.78 bits per heavy atom. The number of halogens is 2. The fourth-order valence-electron chi connectivity index (χ4n) is 4.15. The third-order valence-corrected chi connectivity index (χ3v) is 8.57. The van der Waals surface area contributed by atoms with Crippen LogP contribution in [0.3, 0.4) is 0 Å². The first kappa shape index (κ1) is 22.9. The fourth-order valence-corrected chi connectivity index (χ4v) is 6.49. The summed E-state index contributed by atoms with van der Waals surface area (Å²) in [7, 11) is -3.47. The van der Waals surface area contributed by atoms with Crippen molar-refractivity contribution in [2.75, 3.05) is 43.4 Å². The van der Waals surface area contributed by atoms with Crippen molar-refractivity contribution in [3.05, 3.63) is 64.1 Å². The maximum absolute atomic E-state index is 12.9. The molecule has 2 aromatic carbocycles. The molecule has 2 heterocycles. The molecule has 4 rings (SSSR count). The van der Waals surface area contributed by atoms with Gasteiger partial charge in [0.25, 0.3) is 0 Å². The molecule has 32 heavy (non-hydrogen) atoms. The van der Waals surface area contributed by atoms with Crippen LogP contribution < -0.4 is 4.90 Å². The number of rotatable bonds is 4. The molecule has 0 radical (unpaired) electrons. The molecule has 2 saturated heterocycles. The van der Waals surface area contributed by atoms with Gasteiger partial charge < -0.3 is 9.80 Å². The number of urea groups is 1. The molecule has 0 N–H and O–H groups in total. The van der Waals surface area contributed by atoms with Crippen LogP contribution in [0.4, 0.5) is 10.5 Å². The first-order valence-electron chi connectivity index (χ1n) is 10.3. The second kappa shape index (κ2) is 9.29. The number of carbonyl (C=O) groups excluding carboxylic acids is 2. The molecule has 2 fully saturated rings. The van der Waals surface area contributed by atoms with Gasteiger partial charge in [-0.1, -0.05) is 47.5 Å². The molecule has 1 atom stereocenters. The highest BCUT2D eigenvalue weighted by molar-refractivity contribution is 7.91. The van der Waals surface area contributed by atoms with Crippen LogP contribution in [0.25, 0.3) is 0 Å². The molecule has 0 bridgehead atoms. The standard InChI is InChI=1S/C22H23Cl2N3O4S/c23-16-4-3-5-17(14-16)27-11-10-26(22(27)29)15-21(28)25-9-8-20(32(30,31)13-12-25)18-6-1-2-7-19(18)24/h1-7,14,20H,8-13,15H2. The summed E-state index contributed by atoms with van der Waals surface area (Å²) in [5.74, 6) is -0.404. The predicted octanol–water partition coefficient (Wildman–Crippen LogP) is 3.62. The molecule has 1 unspecified atom stereocenters. The first-order valence-corrected chi connectivity index (χ1v) is 12.8. The summed E-state index contributed by atoms with van der Waals surface area (Å²) in [4.78, 5) is 30.3. The minimum atomic E-state index is -3.47. The lowest BCUT2D eigenvalue weighted by molar-refractivity contribution is -0.131. The molecule has 2 aliphatic heterocycles. The van der Waals surface area contributed by atoms with Crippen molar-refractivity contribution in [1.82, 2.24) is 9.80 Å². The Labute approximate surface area is 197 Å². The zero-order valence-electron chi connectivity index (χ0n) is 17.3. The Balaban J connectivity index is 1.42. The SMILES string of the molecule is O=C(CN1CCN(c2cccc(Cl)c2)C1=O)N1CCC(c2ccccc2Cl)S(=O)(=O)CC1. The van der Waals surface area contributed by atoms with Crippen molar-refractivity contribution in [2.45, 2.75) is 11.7 Å². The van der Waals surface area contributed by atoms with Crippen LogP contribution in [0, 0.1) is 0 Å². The topological polar surface area (TPSA) is 78.0 Å². The van der Waals surface area contributed by atoms with E-state index in [9.17, 15) is 18.0 Å². The Kier molecular flexibility index (Phi) is 6.65. The Morgan fingerprint density at radius 1 is 1.00 bits per heavy atom. The number of sulfone groups is 1. The Bertz CT molecular complexity index is 1140. The van der Waals surface area contributed by atoms with E-state index in [1.54, 1.807) is 53.4 Å². The number of amides is 3. The minimum absolute atomic E-state index is 0.0906. The van der Waals surface area contributed by atoms with Gasteiger partial charge in [-0.15, -0.1) is 0 Å². The van der Waals surface area contributed by atoms with Crippen LogP contribution >= 0.6 is 23.2 Å². The zero-order chi connectivity index (χ0) is 22.9. The Hall–Kier alpha value is -2.29. The molecule has 0 aliphatic carbocycles. The average Bonchev–Trinajstić information content (AvgIpc) is 3.02. The van der Waals surface area contributed by atoms with Crippen molar-refractivity contribution >= 4 is 50.7 Å². The van der Waals surface area contributed by atoms with Crippen LogP contribution in [0.15, 0.2) is 48.5 Å². The number of nitrogens with zero attached hydrogens (tertiary/aromatic N) is 3. The summed E-state index contributed by atoms with van der Waals surface area (Å²) in [5, 5.41) is 0.189. The molecule has 0 aromatic heterocycles. The van der Waals surface area contributed by atoms with Crippen LogP contribution in [-0.4, -0.2) is 68.6 Å². The van der Waals surface area contributed by atoms with E-state index in [2.05, 4.69) is 0 Å². The number of carbonyl (C=O) groups is 2. The number of hydrogen-bond acceptors (Lipinski definition) is 4. The van der Waals surface area contributed by atoms with E-state index in [1.165, 1.54) is 9.80 Å². The second-order valence-electron chi connectivity index (χ2n) is 7.88. The third-order valence-electron chi connectivity index (χ3n) is 5.89. The van der Waals surface area contributed by atoms with Crippen molar-refractivity contribution in [3.63, 3.8) is 0 Å². The summed E-state index contributed by atoms with van der Waals surface area (Å²) in [6.07, 6.45) is 0.264. The highest BCUT2D eigenvalue weighted by atomic mass is 35.5. The molecular weight excluding hydrogens is 473 g/mol. The van der Waals surface area contributed by atoms with Gasteiger partial charge in [0.1, 0.15) is 6.54 Å². The molecule has 7 nitrogen and oxygen atoms in total. The van der Waals surface area contributed by atoms with Crippen LogP contribution in [-0.2, 0) is 14.6 Å². The second-order valence-corrected chi connectivity index (χ2v) is 11.0. The lowest BCUT2D eigenvalue weighted by Crippen LogP contribution is -2.43. The third kappa shape index (κ3) is 4.72. The van der Waals surface area contributed by atoms with E-state index in [0.29, 0.717) is 34.4 Å². The van der Waals surface area contributed by atoms with Crippen molar-refractivity contribution in [1.29, 1.82) is 0 Å². The van der Waals surface area contributed by atoms with Crippen molar-refractivity contribution in [3.8, 4) is 0 Å². The normalized spacial score (nSPS) is 21.0. The summed E-state index contributed by atoms with van der Waals surface area (Å²) in [6.45, 7) is 1.16. The molecular formula is C22H23Cl2N3O4S. The quantitative estimate of drug-likeness (QED) is 0.648. The molecule has 2 aliphatic rings. The van der Waals surface area contributed by atoms with E-state index in [0.717, 1.165) is 0 Å². The maximum Gasteiger partial charge on any atom is 0.325 e. The molecule has 170 valence electrons. The molecule has 0 saturated carbocycles. The zero-order valence-corrected chi connectivity index (χ0v) is 19.6. The van der Waals surface area contributed by atoms with Gasteiger partial charge in [0.15, 0.2) is 9.84 Å². The van der Waals surface area contributed by atoms with E-state index < -0.39 is 15.1 Å². The minimum Gasteiger partial charge on any atom is -0.340 e. The number of hydrogen-bond donors (Lipinski definition) is 0. The van der Waals surface area contributed by atoms with E-state index >= 15 is 0 Å². The summed E-state index contributed by atoms with van der Waals surface area (Å²) >= 11 is 12.3. The van der Waals surface area contributed by atoms with Crippen LogP contribution in [0.1, 0.15) is 17.2 Å². The monoisotopic (exact) mass is 495 g/mol. The summed E-state index contributed by atoms with van der Waals surface area (Å²) in [6, 6.07) is 13.6. The summed E-state index contributed by atoms with van der Waals surface area (Å²) < 4.78 is 25.7. The molecule has 2 aromatic rings. The van der Waals surface area contributed by atoms with E-state index in [4.69, 9.17) is 23.2 Å². The van der Waals surface area contributed by atoms with E-state index in [-0.39, 0.29) is 43.7 Å². The Morgan fingerprint density at radius 3 is 2.53 bits per heavy atom. The van der Waals surface area contributed by atoms with Gasteiger partial charge in [-0.2, -0.15) is 0 Å². The molecule has 0 spiro atoms. The van der Waals surface area contributed by atoms with Gasteiger partial charge in [-0.05, 0) is 36.2 Å². The maximum atomic E-state index is 12.9. The average molecular weight is 496 g/mol. The largest absolute Gasteiger partial charge is 0.340 e. The highest BCUT2D eigenvalue weighted by Gasteiger charge is 2.36. The van der Waals surface area contributed by atoms with Gasteiger partial charge in [0.2, 0.25) is 5.91 Å². The summed E-state index contributed by atoms with van der Waals surface area (Å²) in [5.41, 5.74) is 1.25.